The minimum Gasteiger partial charge on any atom is -0.497 e. The average molecular weight is 293 g/mol. The maximum absolute atomic E-state index is 11.7. The predicted octanol–water partition coefficient (Wildman–Crippen LogP) is 3.50. The van der Waals surface area contributed by atoms with Gasteiger partial charge in [-0.05, 0) is 35.9 Å². The van der Waals surface area contributed by atoms with Crippen LogP contribution in [0, 0.1) is 0 Å². The Bertz CT molecular complexity index is 908. The van der Waals surface area contributed by atoms with Crippen LogP contribution in [0.25, 0.3) is 22.2 Å². The van der Waals surface area contributed by atoms with Crippen molar-refractivity contribution >= 4 is 17.2 Å². The number of benzene rings is 2. The van der Waals surface area contributed by atoms with Crippen molar-refractivity contribution in [3.8, 4) is 22.8 Å². The Morgan fingerprint density at radius 2 is 1.77 bits per heavy atom. The van der Waals surface area contributed by atoms with Crippen molar-refractivity contribution in [1.82, 2.24) is 4.57 Å². The van der Waals surface area contributed by atoms with E-state index in [1.165, 1.54) is 5.56 Å². The van der Waals surface area contributed by atoms with Gasteiger partial charge in [-0.3, -0.25) is 4.79 Å². The van der Waals surface area contributed by atoms with Crippen molar-refractivity contribution in [3.05, 3.63) is 47.5 Å². The number of aldehydes is 1. The van der Waals surface area contributed by atoms with Gasteiger partial charge in [0, 0.05) is 29.1 Å². The third kappa shape index (κ3) is 1.61. The molecule has 22 heavy (non-hydrogen) atoms. The van der Waals surface area contributed by atoms with Crippen molar-refractivity contribution in [2.24, 2.45) is 0 Å². The first kappa shape index (κ1) is 13.0. The van der Waals surface area contributed by atoms with Gasteiger partial charge in [-0.1, -0.05) is 0 Å². The molecule has 1 aliphatic heterocycles. The van der Waals surface area contributed by atoms with Crippen LogP contribution in [0.1, 0.15) is 15.9 Å². The molecule has 0 saturated heterocycles. The highest BCUT2D eigenvalue weighted by Gasteiger charge is 2.26. The van der Waals surface area contributed by atoms with Crippen molar-refractivity contribution in [3.63, 3.8) is 0 Å². The Morgan fingerprint density at radius 1 is 1.05 bits per heavy atom. The Morgan fingerprint density at radius 3 is 2.50 bits per heavy atom. The van der Waals surface area contributed by atoms with Crippen LogP contribution in [0.5, 0.6) is 11.5 Å². The summed E-state index contributed by atoms with van der Waals surface area (Å²) in [5.41, 5.74) is 5.00. The highest BCUT2D eigenvalue weighted by atomic mass is 16.5. The second kappa shape index (κ2) is 4.63. The number of hydrogen-bond donors (Lipinski definition) is 0. The molecule has 0 unspecified atom stereocenters. The van der Waals surface area contributed by atoms with Gasteiger partial charge in [-0.2, -0.15) is 0 Å². The van der Waals surface area contributed by atoms with E-state index in [-0.39, 0.29) is 0 Å². The number of aromatic nitrogens is 1. The summed E-state index contributed by atoms with van der Waals surface area (Å²) in [5, 5.41) is 0.965. The van der Waals surface area contributed by atoms with Gasteiger partial charge in [0.1, 0.15) is 11.5 Å². The van der Waals surface area contributed by atoms with Crippen LogP contribution >= 0.6 is 0 Å². The molecule has 0 aliphatic carbocycles. The fourth-order valence-corrected chi connectivity index (χ4v) is 3.29. The number of carbonyl (C=O) groups excluding carboxylic acids is 1. The first-order chi connectivity index (χ1) is 10.8. The van der Waals surface area contributed by atoms with E-state index in [1.807, 2.05) is 36.4 Å². The van der Waals surface area contributed by atoms with Gasteiger partial charge in [0.2, 0.25) is 0 Å². The van der Waals surface area contributed by atoms with E-state index in [0.717, 1.165) is 52.1 Å². The molecule has 0 bridgehead atoms. The summed E-state index contributed by atoms with van der Waals surface area (Å²) in [6.45, 7) is 0.735. The first-order valence-electron chi connectivity index (χ1n) is 7.09. The zero-order valence-electron chi connectivity index (χ0n) is 12.4. The fourth-order valence-electron chi connectivity index (χ4n) is 3.29. The molecule has 4 heteroatoms. The third-order valence-corrected chi connectivity index (χ3v) is 4.32. The molecule has 1 aliphatic rings. The smallest absolute Gasteiger partial charge is 0.152 e. The molecule has 1 aromatic heterocycles. The number of nitrogens with zero attached hydrogens (tertiary/aromatic N) is 1. The second-order valence-corrected chi connectivity index (χ2v) is 5.37. The van der Waals surface area contributed by atoms with E-state index >= 15 is 0 Å². The summed E-state index contributed by atoms with van der Waals surface area (Å²) in [4.78, 5) is 11.7. The highest BCUT2D eigenvalue weighted by molar-refractivity contribution is 6.06. The molecule has 0 spiro atoms. The summed E-state index contributed by atoms with van der Waals surface area (Å²) in [6, 6.07) is 11.8. The lowest BCUT2D eigenvalue weighted by Gasteiger charge is -2.05. The van der Waals surface area contributed by atoms with Crippen LogP contribution < -0.4 is 9.47 Å². The van der Waals surface area contributed by atoms with Crippen LogP contribution in [-0.4, -0.2) is 25.1 Å². The molecule has 0 atom stereocenters. The first-order valence-corrected chi connectivity index (χ1v) is 7.09. The molecule has 2 heterocycles. The van der Waals surface area contributed by atoms with Gasteiger partial charge in [-0.15, -0.1) is 0 Å². The van der Waals surface area contributed by atoms with E-state index in [0.29, 0.717) is 0 Å². The molecular weight excluding hydrogens is 278 g/mol. The van der Waals surface area contributed by atoms with Gasteiger partial charge in [-0.25, -0.2) is 0 Å². The molecule has 2 aromatic carbocycles. The monoisotopic (exact) mass is 293 g/mol. The third-order valence-electron chi connectivity index (χ3n) is 4.32. The van der Waals surface area contributed by atoms with Crippen LogP contribution in [0.3, 0.4) is 0 Å². The largest absolute Gasteiger partial charge is 0.497 e. The summed E-state index contributed by atoms with van der Waals surface area (Å²) < 4.78 is 12.8. The normalized spacial score (nSPS) is 12.1. The zero-order valence-corrected chi connectivity index (χ0v) is 12.4. The van der Waals surface area contributed by atoms with Gasteiger partial charge >= 0.3 is 0 Å². The molecule has 0 amide bonds. The molecule has 4 rings (SSSR count). The van der Waals surface area contributed by atoms with Crippen molar-refractivity contribution in [2.75, 3.05) is 14.2 Å². The zero-order chi connectivity index (χ0) is 15.3. The SMILES string of the molecule is COc1ccc2c(c1)Cn1c-2c(C=O)c2ccc(OC)cc21. The minimum absolute atomic E-state index is 0.735. The van der Waals surface area contributed by atoms with Gasteiger partial charge in [0.15, 0.2) is 6.29 Å². The highest BCUT2D eigenvalue weighted by Crippen LogP contribution is 2.42. The van der Waals surface area contributed by atoms with Gasteiger partial charge in [0.25, 0.3) is 0 Å². The maximum atomic E-state index is 11.7. The van der Waals surface area contributed by atoms with Crippen LogP contribution in [0.2, 0.25) is 0 Å². The minimum atomic E-state index is 0.735. The fraction of sp³-hybridized carbons (Fsp3) is 0.167. The Kier molecular flexibility index (Phi) is 2.73. The number of fused-ring (bicyclic) bond motifs is 5. The Labute approximate surface area is 127 Å². The Hall–Kier alpha value is -2.75. The molecule has 3 aromatic rings. The molecule has 4 nitrogen and oxygen atoms in total. The maximum Gasteiger partial charge on any atom is 0.152 e. The second-order valence-electron chi connectivity index (χ2n) is 5.37. The molecule has 0 saturated carbocycles. The van der Waals surface area contributed by atoms with Crippen molar-refractivity contribution in [1.29, 1.82) is 0 Å². The van der Waals surface area contributed by atoms with Gasteiger partial charge < -0.3 is 14.0 Å². The molecular formula is C18H15NO3. The van der Waals surface area contributed by atoms with Crippen LogP contribution in [0.4, 0.5) is 0 Å². The van der Waals surface area contributed by atoms with Crippen molar-refractivity contribution in [2.45, 2.75) is 6.54 Å². The van der Waals surface area contributed by atoms with E-state index in [9.17, 15) is 4.79 Å². The lowest BCUT2D eigenvalue weighted by atomic mass is 10.0. The topological polar surface area (TPSA) is 40.5 Å². The van der Waals surface area contributed by atoms with Crippen LogP contribution in [-0.2, 0) is 6.54 Å². The van der Waals surface area contributed by atoms with Gasteiger partial charge in [0.05, 0.1) is 25.4 Å². The van der Waals surface area contributed by atoms with E-state index in [1.54, 1.807) is 14.2 Å². The quantitative estimate of drug-likeness (QED) is 0.543. The number of rotatable bonds is 3. The predicted molar refractivity (Wildman–Crippen MR) is 85.0 cm³/mol. The summed E-state index contributed by atoms with van der Waals surface area (Å²) in [6.07, 6.45) is 0.944. The van der Waals surface area contributed by atoms with Crippen molar-refractivity contribution < 1.29 is 14.3 Å². The average Bonchev–Trinajstić information content (AvgIpc) is 3.07. The molecule has 0 radical (unpaired) electrons. The number of hydrogen-bond acceptors (Lipinski definition) is 3. The lowest BCUT2D eigenvalue weighted by Crippen LogP contribution is -1.93. The number of carbonyl (C=O) groups is 1. The molecule has 110 valence electrons. The van der Waals surface area contributed by atoms with E-state index in [2.05, 4.69) is 4.57 Å². The summed E-state index contributed by atoms with van der Waals surface area (Å²) in [5.74, 6) is 1.62. The van der Waals surface area contributed by atoms with E-state index < -0.39 is 0 Å². The summed E-state index contributed by atoms with van der Waals surface area (Å²) >= 11 is 0. The van der Waals surface area contributed by atoms with Crippen LogP contribution in [0.15, 0.2) is 36.4 Å². The molecule has 0 fully saturated rings. The number of ether oxygens (including phenoxy) is 2. The Balaban J connectivity index is 2.03. The van der Waals surface area contributed by atoms with E-state index in [4.69, 9.17) is 9.47 Å². The lowest BCUT2D eigenvalue weighted by molar-refractivity contribution is 0.112. The number of methoxy groups -OCH3 is 2. The summed E-state index contributed by atoms with van der Waals surface area (Å²) in [7, 11) is 3.31. The standard InChI is InChI=1S/C18H15NO3/c1-21-12-3-5-14-11(7-12)9-19-17-8-13(22-2)4-6-15(17)16(10-20)18(14)19/h3-8,10H,9H2,1-2H3. The molecule has 0 N–H and O–H groups in total.